The van der Waals surface area contributed by atoms with E-state index in [4.69, 9.17) is 36.3 Å². The molecule has 12 heteroatoms. The lowest BCUT2D eigenvalue weighted by atomic mass is 9.92. The highest BCUT2D eigenvalue weighted by molar-refractivity contribution is 6.32. The van der Waals surface area contributed by atoms with Crippen LogP contribution >= 0.6 is 11.6 Å². The Bertz CT molecular complexity index is 1530. The van der Waals surface area contributed by atoms with Gasteiger partial charge in [-0.05, 0) is 61.1 Å². The summed E-state index contributed by atoms with van der Waals surface area (Å²) in [4.78, 5) is 53.7. The molecule has 1 fully saturated rings. The molecule has 2 amide bonds. The summed E-state index contributed by atoms with van der Waals surface area (Å²) >= 11 is 6.32. The third kappa shape index (κ3) is 10.3. The van der Waals surface area contributed by atoms with Crippen LogP contribution in [0.15, 0.2) is 54.6 Å². The average Bonchev–Trinajstić information content (AvgIpc) is 3.86. The van der Waals surface area contributed by atoms with E-state index in [1.165, 1.54) is 13.2 Å². The maximum absolute atomic E-state index is 13.6. The minimum atomic E-state index is -1.21. The van der Waals surface area contributed by atoms with Gasteiger partial charge in [0.05, 0.1) is 23.7 Å². The van der Waals surface area contributed by atoms with Crippen molar-refractivity contribution in [2.75, 3.05) is 13.7 Å². The van der Waals surface area contributed by atoms with E-state index in [9.17, 15) is 19.2 Å². The van der Waals surface area contributed by atoms with Crippen LogP contribution in [-0.4, -0.2) is 61.8 Å². The molecule has 6 atom stereocenters. The lowest BCUT2D eigenvalue weighted by Gasteiger charge is -2.29. The second kappa shape index (κ2) is 16.7. The highest BCUT2D eigenvalue weighted by Gasteiger charge is 2.48. The molecule has 0 aliphatic carbocycles. The summed E-state index contributed by atoms with van der Waals surface area (Å²) in [6.07, 6.45) is 1.18. The van der Waals surface area contributed by atoms with Gasteiger partial charge in [0.25, 0.3) is 0 Å². The maximum atomic E-state index is 13.6. The molecule has 2 aromatic rings. The van der Waals surface area contributed by atoms with Crippen molar-refractivity contribution in [2.24, 2.45) is 23.0 Å². The Hall–Kier alpha value is -3.93. The second-order valence-corrected chi connectivity index (χ2v) is 14.2. The first-order chi connectivity index (χ1) is 23.2. The lowest BCUT2D eigenvalue weighted by Crippen LogP contribution is -2.51. The molecular weight excluding hydrogens is 650 g/mol. The summed E-state index contributed by atoms with van der Waals surface area (Å²) in [7, 11) is 1.50. The van der Waals surface area contributed by atoms with Crippen LogP contribution in [0.3, 0.4) is 0 Å². The molecule has 4 N–H and O–H groups in total. The Balaban J connectivity index is 1.60. The number of amides is 2. The number of cyclic esters (lactones) is 2. The van der Waals surface area contributed by atoms with Gasteiger partial charge in [0, 0.05) is 31.8 Å². The first kappa shape index (κ1) is 37.9. The van der Waals surface area contributed by atoms with Crippen molar-refractivity contribution in [2.45, 2.75) is 90.9 Å². The number of ether oxygens (including phenoxy) is 4. The van der Waals surface area contributed by atoms with Crippen LogP contribution in [0, 0.1) is 17.3 Å². The Morgan fingerprint density at radius 2 is 1.71 bits per heavy atom. The second-order valence-electron chi connectivity index (χ2n) is 13.8. The molecule has 2 heterocycles. The number of carbonyl (C=O) groups excluding carboxylic acids is 4. The molecule has 2 aliphatic rings. The van der Waals surface area contributed by atoms with Gasteiger partial charge in [0.15, 0.2) is 6.10 Å². The number of nitrogens with one attached hydrogen (secondary N) is 2. The fourth-order valence-electron chi connectivity index (χ4n) is 5.67. The molecule has 49 heavy (non-hydrogen) atoms. The summed E-state index contributed by atoms with van der Waals surface area (Å²) in [6, 6.07) is 12.0. The molecular formula is C37H48ClN3O8. The van der Waals surface area contributed by atoms with Crippen molar-refractivity contribution in [1.82, 2.24) is 10.6 Å². The van der Waals surface area contributed by atoms with Gasteiger partial charge in [-0.15, -0.1) is 0 Å². The lowest BCUT2D eigenvalue weighted by molar-refractivity contribution is -0.179. The number of esters is 2. The number of methoxy groups -OCH3 is 1. The Morgan fingerprint density at radius 3 is 2.35 bits per heavy atom. The normalized spacial score (nSPS) is 26.2. The first-order valence-electron chi connectivity index (χ1n) is 16.7. The molecule has 266 valence electrons. The zero-order valence-electron chi connectivity index (χ0n) is 29.0. The Morgan fingerprint density at radius 1 is 1.02 bits per heavy atom. The van der Waals surface area contributed by atoms with Crippen molar-refractivity contribution in [3.05, 3.63) is 76.3 Å². The molecule has 11 nitrogen and oxygen atoms in total. The molecule has 2 unspecified atom stereocenters. The summed E-state index contributed by atoms with van der Waals surface area (Å²) in [6.45, 7) is 9.33. The molecule has 0 radical (unpaired) electrons. The highest BCUT2D eigenvalue weighted by Crippen LogP contribution is 2.45. The van der Waals surface area contributed by atoms with Crippen molar-refractivity contribution in [3.63, 3.8) is 0 Å². The third-order valence-corrected chi connectivity index (χ3v) is 9.12. The number of halogens is 1. The Labute approximate surface area is 293 Å². The van der Waals surface area contributed by atoms with Crippen LogP contribution in [0.1, 0.15) is 70.3 Å². The summed E-state index contributed by atoms with van der Waals surface area (Å²) < 4.78 is 23.1. The predicted octanol–water partition coefficient (Wildman–Crippen LogP) is 4.58. The molecule has 0 saturated carbocycles. The van der Waals surface area contributed by atoms with Crippen LogP contribution in [0.4, 0.5) is 0 Å². The number of benzene rings is 2. The summed E-state index contributed by atoms with van der Waals surface area (Å²) in [5.41, 5.74) is 7.22. The topological polar surface area (TPSA) is 159 Å². The predicted molar refractivity (Wildman–Crippen MR) is 185 cm³/mol. The minimum absolute atomic E-state index is 0.0121. The van der Waals surface area contributed by atoms with Gasteiger partial charge in [0.1, 0.15) is 24.0 Å². The van der Waals surface area contributed by atoms with E-state index >= 15 is 0 Å². The number of nitrogens with two attached hydrogens (primary N) is 1. The van der Waals surface area contributed by atoms with Crippen LogP contribution < -0.4 is 21.1 Å². The van der Waals surface area contributed by atoms with Crippen LogP contribution in [0.25, 0.3) is 0 Å². The van der Waals surface area contributed by atoms with Crippen molar-refractivity contribution in [3.8, 4) is 5.75 Å². The zero-order valence-corrected chi connectivity index (χ0v) is 29.8. The van der Waals surface area contributed by atoms with E-state index in [0.29, 0.717) is 22.9 Å². The minimum Gasteiger partial charge on any atom is -0.495 e. The standard InChI is InChI=1S/C37H48ClN3O8/c1-21(2)16-30-35(44)47-28(22(3)32-33(49-32)25-13-10-23(19-39)11-14-25)8-7-9-31(42)41-27(18-24-12-15-29(46-6)26(38)17-24)34(43)40-20-37(4,5)36(45)48-30/h7,9-15,17,21-22,27-28,30,32-33H,8,16,18-20,39H2,1-6H3,(H,40,43)(H,41,42)/b9-7-/t22-,27?,28-,30?,32+,33+/m0/s1. The fourth-order valence-corrected chi connectivity index (χ4v) is 5.95. The van der Waals surface area contributed by atoms with Crippen molar-refractivity contribution in [1.29, 1.82) is 0 Å². The molecule has 4 rings (SSSR count). The van der Waals surface area contributed by atoms with E-state index in [-0.39, 0.29) is 49.9 Å². The highest BCUT2D eigenvalue weighted by atomic mass is 35.5. The van der Waals surface area contributed by atoms with Gasteiger partial charge in [0.2, 0.25) is 11.8 Å². The quantitative estimate of drug-likeness (QED) is 0.252. The van der Waals surface area contributed by atoms with E-state index < -0.39 is 47.4 Å². The van der Waals surface area contributed by atoms with Crippen LogP contribution in [-0.2, 0) is 46.4 Å². The van der Waals surface area contributed by atoms with Gasteiger partial charge in [-0.1, -0.05) is 68.8 Å². The number of carbonyl (C=O) groups is 4. The summed E-state index contributed by atoms with van der Waals surface area (Å²) in [5.74, 6) is -2.14. The van der Waals surface area contributed by atoms with Gasteiger partial charge in [-0.2, -0.15) is 0 Å². The molecule has 0 aromatic heterocycles. The van der Waals surface area contributed by atoms with E-state index in [0.717, 1.165) is 11.1 Å². The molecule has 0 spiro atoms. The van der Waals surface area contributed by atoms with Gasteiger partial charge in [-0.25, -0.2) is 4.79 Å². The van der Waals surface area contributed by atoms with E-state index in [1.54, 1.807) is 38.1 Å². The molecule has 0 bridgehead atoms. The van der Waals surface area contributed by atoms with Crippen molar-refractivity contribution < 1.29 is 38.1 Å². The smallest absolute Gasteiger partial charge is 0.347 e. The first-order valence-corrected chi connectivity index (χ1v) is 17.0. The van der Waals surface area contributed by atoms with E-state index in [2.05, 4.69) is 10.6 Å². The van der Waals surface area contributed by atoms with Crippen LogP contribution in [0.2, 0.25) is 5.02 Å². The van der Waals surface area contributed by atoms with Gasteiger partial charge >= 0.3 is 11.9 Å². The SMILES string of the molecule is COc1ccc(CC2NC(=O)/C=C\C[C@@H]([C@H](C)[C@H]3O[C@@H]3c3ccc(CN)cc3)OC(=O)C(CC(C)C)OC(=O)C(C)(C)CNC2=O)cc1Cl. The number of epoxide rings is 1. The van der Waals surface area contributed by atoms with Crippen molar-refractivity contribution >= 4 is 35.4 Å². The monoisotopic (exact) mass is 697 g/mol. The number of hydrogen-bond donors (Lipinski definition) is 3. The Kier molecular flexibility index (Phi) is 12.9. The van der Waals surface area contributed by atoms with Crippen LogP contribution in [0.5, 0.6) is 5.75 Å². The number of hydrogen-bond acceptors (Lipinski definition) is 9. The fraction of sp³-hybridized carbons (Fsp3) is 0.514. The molecule has 2 aromatic carbocycles. The number of rotatable bonds is 9. The zero-order chi connectivity index (χ0) is 35.9. The van der Waals surface area contributed by atoms with Gasteiger partial charge < -0.3 is 35.3 Å². The maximum Gasteiger partial charge on any atom is 0.347 e. The molecule has 1 saturated heterocycles. The summed E-state index contributed by atoms with van der Waals surface area (Å²) in [5, 5.41) is 5.91. The largest absolute Gasteiger partial charge is 0.495 e. The van der Waals surface area contributed by atoms with Gasteiger partial charge in [-0.3, -0.25) is 14.4 Å². The average molecular weight is 698 g/mol. The van der Waals surface area contributed by atoms with E-state index in [1.807, 2.05) is 45.0 Å². The third-order valence-electron chi connectivity index (χ3n) is 8.82. The molecule has 2 aliphatic heterocycles.